The molecule has 0 aromatic carbocycles. The van der Waals surface area contributed by atoms with Crippen LogP contribution in [0.1, 0.15) is 47.0 Å². The second-order valence-corrected chi connectivity index (χ2v) is 6.18. The second-order valence-electron chi connectivity index (χ2n) is 5.19. The van der Waals surface area contributed by atoms with Crippen molar-refractivity contribution in [2.24, 2.45) is 11.8 Å². The maximum Gasteiger partial charge on any atom is 0.00104 e. The highest BCUT2D eigenvalue weighted by molar-refractivity contribution is 7.98. The molecule has 0 saturated carbocycles. The molecule has 0 aromatic heterocycles. The van der Waals surface area contributed by atoms with E-state index in [0.29, 0.717) is 6.04 Å². The van der Waals surface area contributed by atoms with E-state index in [1.165, 1.54) is 31.6 Å². The summed E-state index contributed by atoms with van der Waals surface area (Å²) in [6.07, 6.45) is 6.33. The average molecular weight is 231 g/mol. The molecule has 1 unspecified atom stereocenters. The lowest BCUT2D eigenvalue weighted by Gasteiger charge is -2.20. The summed E-state index contributed by atoms with van der Waals surface area (Å²) in [6, 6.07) is 0.625. The Morgan fingerprint density at radius 2 is 1.80 bits per heavy atom. The zero-order chi connectivity index (χ0) is 11.7. The molecule has 1 nitrogen and oxygen atoms in total. The topological polar surface area (TPSA) is 12.0 Å². The van der Waals surface area contributed by atoms with Gasteiger partial charge in [-0.1, -0.05) is 27.7 Å². The maximum absolute atomic E-state index is 3.57. The van der Waals surface area contributed by atoms with E-state index < -0.39 is 0 Å². The summed E-state index contributed by atoms with van der Waals surface area (Å²) in [5.74, 6) is 3.02. The number of hydrogen-bond donors (Lipinski definition) is 1. The Bertz CT molecular complexity index is 134. The van der Waals surface area contributed by atoms with Crippen molar-refractivity contribution in [2.45, 2.75) is 53.0 Å². The molecule has 0 aromatic rings. The van der Waals surface area contributed by atoms with Crippen LogP contribution in [0.3, 0.4) is 0 Å². The quantitative estimate of drug-likeness (QED) is 0.606. The van der Waals surface area contributed by atoms with E-state index >= 15 is 0 Å². The largest absolute Gasteiger partial charge is 0.314 e. The molecule has 92 valence electrons. The van der Waals surface area contributed by atoms with Gasteiger partial charge in [-0.2, -0.15) is 11.8 Å². The first-order valence-electron chi connectivity index (χ1n) is 6.28. The maximum atomic E-state index is 3.57. The number of hydrogen-bond acceptors (Lipinski definition) is 2. The SMILES string of the molecule is CSCCCC(CNC(C)C)CC(C)C. The molecule has 1 atom stereocenters. The summed E-state index contributed by atoms with van der Waals surface area (Å²) < 4.78 is 0. The fraction of sp³-hybridized carbons (Fsp3) is 1.00. The van der Waals surface area contributed by atoms with Gasteiger partial charge in [0.1, 0.15) is 0 Å². The smallest absolute Gasteiger partial charge is 0.00104 e. The third-order valence-corrected chi connectivity index (χ3v) is 3.28. The van der Waals surface area contributed by atoms with Crippen molar-refractivity contribution in [2.75, 3.05) is 18.6 Å². The highest BCUT2D eigenvalue weighted by Crippen LogP contribution is 2.17. The molecule has 0 heterocycles. The molecule has 1 N–H and O–H groups in total. The Morgan fingerprint density at radius 3 is 2.27 bits per heavy atom. The van der Waals surface area contributed by atoms with Crippen molar-refractivity contribution in [3.8, 4) is 0 Å². The highest BCUT2D eigenvalue weighted by atomic mass is 32.2. The van der Waals surface area contributed by atoms with Gasteiger partial charge in [-0.3, -0.25) is 0 Å². The molecule has 0 aliphatic heterocycles. The summed E-state index contributed by atoms with van der Waals surface area (Å²) in [5.41, 5.74) is 0. The first-order valence-corrected chi connectivity index (χ1v) is 7.68. The van der Waals surface area contributed by atoms with E-state index in [1.807, 2.05) is 11.8 Å². The summed E-state index contributed by atoms with van der Waals surface area (Å²) in [7, 11) is 0. The van der Waals surface area contributed by atoms with Gasteiger partial charge in [0.15, 0.2) is 0 Å². The Kier molecular flexibility index (Phi) is 9.73. The van der Waals surface area contributed by atoms with Crippen LogP contribution in [0.2, 0.25) is 0 Å². The van der Waals surface area contributed by atoms with Gasteiger partial charge in [-0.15, -0.1) is 0 Å². The first kappa shape index (κ1) is 15.3. The van der Waals surface area contributed by atoms with Crippen LogP contribution in [-0.4, -0.2) is 24.6 Å². The van der Waals surface area contributed by atoms with Gasteiger partial charge in [0.25, 0.3) is 0 Å². The molecule has 0 aliphatic carbocycles. The monoisotopic (exact) mass is 231 g/mol. The van der Waals surface area contributed by atoms with Crippen LogP contribution in [0, 0.1) is 11.8 Å². The second kappa shape index (κ2) is 9.53. The van der Waals surface area contributed by atoms with Crippen molar-refractivity contribution in [3.63, 3.8) is 0 Å². The molecular weight excluding hydrogens is 202 g/mol. The Morgan fingerprint density at radius 1 is 1.13 bits per heavy atom. The Labute approximate surface area is 101 Å². The number of nitrogens with one attached hydrogen (secondary N) is 1. The summed E-state index contributed by atoms with van der Waals surface area (Å²) in [5, 5.41) is 3.57. The van der Waals surface area contributed by atoms with Crippen LogP contribution >= 0.6 is 11.8 Å². The van der Waals surface area contributed by atoms with Crippen LogP contribution in [0.4, 0.5) is 0 Å². The fourth-order valence-corrected chi connectivity index (χ4v) is 2.34. The van der Waals surface area contributed by atoms with Crippen LogP contribution in [0.15, 0.2) is 0 Å². The van der Waals surface area contributed by atoms with E-state index in [0.717, 1.165) is 11.8 Å². The standard InChI is InChI=1S/C13H29NS/c1-11(2)9-13(7-6-8-15-5)10-14-12(3)4/h11-14H,6-10H2,1-5H3. The van der Waals surface area contributed by atoms with Crippen LogP contribution < -0.4 is 5.32 Å². The number of thioether (sulfide) groups is 1. The molecule has 0 radical (unpaired) electrons. The molecule has 0 rings (SSSR count). The predicted molar refractivity (Wildman–Crippen MR) is 73.7 cm³/mol. The molecule has 0 fully saturated rings. The van der Waals surface area contributed by atoms with Crippen molar-refractivity contribution in [1.82, 2.24) is 5.32 Å². The van der Waals surface area contributed by atoms with Crippen LogP contribution in [0.25, 0.3) is 0 Å². The molecule has 2 heteroatoms. The van der Waals surface area contributed by atoms with Gasteiger partial charge in [0.05, 0.1) is 0 Å². The fourth-order valence-electron chi connectivity index (χ4n) is 1.89. The van der Waals surface area contributed by atoms with E-state index in [2.05, 4.69) is 39.3 Å². The van der Waals surface area contributed by atoms with Gasteiger partial charge in [0, 0.05) is 6.04 Å². The van der Waals surface area contributed by atoms with E-state index in [4.69, 9.17) is 0 Å². The van der Waals surface area contributed by atoms with E-state index in [1.54, 1.807) is 0 Å². The van der Waals surface area contributed by atoms with Crippen LogP contribution in [0.5, 0.6) is 0 Å². The highest BCUT2D eigenvalue weighted by Gasteiger charge is 2.10. The van der Waals surface area contributed by atoms with Gasteiger partial charge in [0.2, 0.25) is 0 Å². The minimum atomic E-state index is 0.625. The Hall–Kier alpha value is 0.310. The summed E-state index contributed by atoms with van der Waals surface area (Å²) in [6.45, 7) is 10.3. The van der Waals surface area contributed by atoms with Crippen molar-refractivity contribution in [1.29, 1.82) is 0 Å². The predicted octanol–water partition coefficient (Wildman–Crippen LogP) is 3.79. The van der Waals surface area contributed by atoms with Gasteiger partial charge in [-0.25, -0.2) is 0 Å². The van der Waals surface area contributed by atoms with Crippen molar-refractivity contribution >= 4 is 11.8 Å². The molecule has 0 aliphatic rings. The molecule has 0 bridgehead atoms. The normalized spacial score (nSPS) is 13.8. The van der Waals surface area contributed by atoms with Crippen molar-refractivity contribution < 1.29 is 0 Å². The molecule has 0 saturated heterocycles. The molecular formula is C13H29NS. The first-order chi connectivity index (χ1) is 7.06. The third kappa shape index (κ3) is 10.6. The third-order valence-electron chi connectivity index (χ3n) is 2.58. The van der Waals surface area contributed by atoms with Gasteiger partial charge < -0.3 is 5.32 Å². The molecule has 15 heavy (non-hydrogen) atoms. The lowest BCUT2D eigenvalue weighted by Crippen LogP contribution is -2.29. The average Bonchev–Trinajstić information content (AvgIpc) is 2.13. The van der Waals surface area contributed by atoms with E-state index in [-0.39, 0.29) is 0 Å². The molecule has 0 amide bonds. The zero-order valence-corrected chi connectivity index (χ0v) is 12.0. The summed E-state index contributed by atoms with van der Waals surface area (Å²) in [4.78, 5) is 0. The van der Waals surface area contributed by atoms with Crippen LogP contribution in [-0.2, 0) is 0 Å². The summed E-state index contributed by atoms with van der Waals surface area (Å²) >= 11 is 1.97. The van der Waals surface area contributed by atoms with Gasteiger partial charge in [-0.05, 0) is 49.7 Å². The minimum Gasteiger partial charge on any atom is -0.314 e. The van der Waals surface area contributed by atoms with Gasteiger partial charge >= 0.3 is 0 Å². The number of rotatable bonds is 9. The van der Waals surface area contributed by atoms with E-state index in [9.17, 15) is 0 Å². The minimum absolute atomic E-state index is 0.625. The zero-order valence-electron chi connectivity index (χ0n) is 11.2. The lowest BCUT2D eigenvalue weighted by atomic mass is 9.93. The molecule has 0 spiro atoms. The van der Waals surface area contributed by atoms with Crippen molar-refractivity contribution in [3.05, 3.63) is 0 Å². The Balaban J connectivity index is 3.73. The lowest BCUT2D eigenvalue weighted by molar-refractivity contribution is 0.354.